The molecule has 2 aromatic carbocycles. The molecule has 3 aliphatic heterocycles. The van der Waals surface area contributed by atoms with E-state index in [4.69, 9.17) is 9.47 Å². The molecule has 1 amide bonds. The highest BCUT2D eigenvalue weighted by molar-refractivity contribution is 5.94. The van der Waals surface area contributed by atoms with Crippen LogP contribution in [0.15, 0.2) is 54.6 Å². The van der Waals surface area contributed by atoms with Gasteiger partial charge in [0.1, 0.15) is 0 Å². The SMILES string of the molecule is O=C(NC1NNC2CC(OCCOCc3ccccc3)CCC21)c1ccc(N2CC(N3CCCC3)C2)cc1. The van der Waals surface area contributed by atoms with E-state index in [-0.39, 0.29) is 18.2 Å². The van der Waals surface area contributed by atoms with Crippen molar-refractivity contribution in [1.29, 1.82) is 0 Å². The molecule has 3 saturated heterocycles. The van der Waals surface area contributed by atoms with Crippen LogP contribution in [0.1, 0.15) is 48.0 Å². The van der Waals surface area contributed by atoms with Gasteiger partial charge in [0.2, 0.25) is 0 Å². The number of rotatable bonds is 10. The van der Waals surface area contributed by atoms with Crippen LogP contribution < -0.4 is 21.1 Å². The van der Waals surface area contributed by atoms with E-state index >= 15 is 0 Å². The maximum absolute atomic E-state index is 13.0. The van der Waals surface area contributed by atoms with Gasteiger partial charge in [-0.05, 0) is 75.0 Å². The van der Waals surface area contributed by atoms with Gasteiger partial charge in [0, 0.05) is 42.3 Å². The van der Waals surface area contributed by atoms with Crippen LogP contribution in [-0.2, 0) is 16.1 Å². The van der Waals surface area contributed by atoms with Crippen molar-refractivity contribution < 1.29 is 14.3 Å². The monoisotopic (exact) mass is 519 g/mol. The predicted molar refractivity (Wildman–Crippen MR) is 148 cm³/mol. The third-order valence-corrected chi connectivity index (χ3v) is 8.70. The van der Waals surface area contributed by atoms with Gasteiger partial charge >= 0.3 is 0 Å². The molecule has 204 valence electrons. The number of hydrazine groups is 1. The van der Waals surface area contributed by atoms with Crippen molar-refractivity contribution in [2.45, 2.75) is 63.1 Å². The maximum atomic E-state index is 13.0. The van der Waals surface area contributed by atoms with Crippen molar-refractivity contribution in [1.82, 2.24) is 21.1 Å². The molecule has 4 unspecified atom stereocenters. The summed E-state index contributed by atoms with van der Waals surface area (Å²) in [5.74, 6) is 0.333. The molecule has 4 atom stereocenters. The Kier molecular flexibility index (Phi) is 8.23. The summed E-state index contributed by atoms with van der Waals surface area (Å²) in [6, 6.07) is 19.3. The van der Waals surface area contributed by atoms with E-state index in [1.165, 1.54) is 37.2 Å². The second-order valence-corrected chi connectivity index (χ2v) is 11.2. The molecule has 8 nitrogen and oxygen atoms in total. The molecule has 0 aromatic heterocycles. The summed E-state index contributed by atoms with van der Waals surface area (Å²) in [5, 5.41) is 3.21. The number of hydrogen-bond acceptors (Lipinski definition) is 7. The Morgan fingerprint density at radius 1 is 0.947 bits per heavy atom. The number of ether oxygens (including phenoxy) is 2. The van der Waals surface area contributed by atoms with Crippen LogP contribution in [0.2, 0.25) is 0 Å². The Morgan fingerprint density at radius 2 is 1.74 bits per heavy atom. The number of anilines is 1. The van der Waals surface area contributed by atoms with E-state index in [1.807, 2.05) is 30.3 Å². The molecule has 38 heavy (non-hydrogen) atoms. The first kappa shape index (κ1) is 25.8. The highest BCUT2D eigenvalue weighted by Gasteiger charge is 2.41. The molecule has 6 rings (SSSR count). The summed E-state index contributed by atoms with van der Waals surface area (Å²) in [6.07, 6.45) is 5.78. The van der Waals surface area contributed by atoms with Gasteiger partial charge in [0.15, 0.2) is 0 Å². The average molecular weight is 520 g/mol. The third kappa shape index (κ3) is 6.05. The number of likely N-dealkylation sites (tertiary alicyclic amines) is 1. The lowest BCUT2D eigenvalue weighted by Gasteiger charge is -2.45. The summed E-state index contributed by atoms with van der Waals surface area (Å²) in [4.78, 5) is 18.0. The number of amides is 1. The number of benzene rings is 2. The van der Waals surface area contributed by atoms with Crippen LogP contribution in [0.25, 0.3) is 0 Å². The molecule has 0 spiro atoms. The number of nitrogens with one attached hydrogen (secondary N) is 3. The van der Waals surface area contributed by atoms with Gasteiger partial charge in [-0.15, -0.1) is 0 Å². The fourth-order valence-electron chi connectivity index (χ4n) is 6.41. The summed E-state index contributed by atoms with van der Waals surface area (Å²) in [7, 11) is 0. The summed E-state index contributed by atoms with van der Waals surface area (Å²) < 4.78 is 11.9. The molecular weight excluding hydrogens is 478 g/mol. The van der Waals surface area contributed by atoms with E-state index in [0.717, 1.165) is 32.4 Å². The van der Waals surface area contributed by atoms with Crippen LogP contribution in [0.4, 0.5) is 5.69 Å². The number of carbonyl (C=O) groups excluding carboxylic acids is 1. The average Bonchev–Trinajstić information content (AvgIpc) is 3.59. The van der Waals surface area contributed by atoms with Crippen LogP contribution in [0.5, 0.6) is 0 Å². The standard InChI is InChI=1S/C30H41N5O3/c36-30(23-8-10-24(11-9-23)35-19-25(20-35)34-14-4-5-15-34)31-29-27-13-12-26(18-28(27)32-33-29)38-17-16-37-21-22-6-2-1-3-7-22/h1-3,6-11,25-29,32-33H,4-5,12-21H2,(H,31,36). The highest BCUT2D eigenvalue weighted by Crippen LogP contribution is 2.31. The second kappa shape index (κ2) is 12.1. The summed E-state index contributed by atoms with van der Waals surface area (Å²) >= 11 is 0. The van der Waals surface area contributed by atoms with Gasteiger partial charge in [0.25, 0.3) is 5.91 Å². The molecule has 1 saturated carbocycles. The minimum absolute atomic E-state index is 0.0241. The molecule has 3 N–H and O–H groups in total. The lowest BCUT2D eigenvalue weighted by Crippen LogP contribution is -2.58. The summed E-state index contributed by atoms with van der Waals surface area (Å²) in [5.41, 5.74) is 9.82. The molecular formula is C30H41N5O3. The quantitative estimate of drug-likeness (QED) is 0.417. The van der Waals surface area contributed by atoms with Crippen molar-refractivity contribution in [3.63, 3.8) is 0 Å². The molecule has 8 heteroatoms. The largest absolute Gasteiger partial charge is 0.376 e. The molecule has 0 radical (unpaired) electrons. The molecule has 1 aliphatic carbocycles. The summed E-state index contributed by atoms with van der Waals surface area (Å²) in [6.45, 7) is 6.51. The zero-order valence-corrected chi connectivity index (χ0v) is 22.2. The Labute approximate surface area is 226 Å². The zero-order chi connectivity index (χ0) is 25.7. The van der Waals surface area contributed by atoms with E-state index in [2.05, 4.69) is 50.2 Å². The third-order valence-electron chi connectivity index (χ3n) is 8.70. The fourth-order valence-corrected chi connectivity index (χ4v) is 6.41. The Hall–Kier alpha value is -2.49. The normalized spacial score (nSPS) is 27.7. The van der Waals surface area contributed by atoms with Crippen LogP contribution >= 0.6 is 0 Å². The Morgan fingerprint density at radius 3 is 2.53 bits per heavy atom. The number of carbonyl (C=O) groups is 1. The van der Waals surface area contributed by atoms with Crippen LogP contribution in [0, 0.1) is 5.92 Å². The lowest BCUT2D eigenvalue weighted by molar-refractivity contribution is -0.0239. The fraction of sp³-hybridized carbons (Fsp3) is 0.567. The lowest BCUT2D eigenvalue weighted by atomic mass is 9.82. The first-order valence-electron chi connectivity index (χ1n) is 14.4. The molecule has 2 aromatic rings. The molecule has 4 aliphatic rings. The maximum Gasteiger partial charge on any atom is 0.252 e. The first-order valence-corrected chi connectivity index (χ1v) is 14.4. The Bertz CT molecular complexity index is 1040. The van der Waals surface area contributed by atoms with E-state index in [1.54, 1.807) is 0 Å². The van der Waals surface area contributed by atoms with Crippen molar-refractivity contribution >= 4 is 11.6 Å². The van der Waals surface area contributed by atoms with Crippen molar-refractivity contribution in [2.24, 2.45) is 5.92 Å². The number of fused-ring (bicyclic) bond motifs is 1. The first-order chi connectivity index (χ1) is 18.7. The van der Waals surface area contributed by atoms with Gasteiger partial charge in [-0.1, -0.05) is 30.3 Å². The van der Waals surface area contributed by atoms with Gasteiger partial charge in [0.05, 0.1) is 32.1 Å². The van der Waals surface area contributed by atoms with Crippen LogP contribution in [0.3, 0.4) is 0 Å². The second-order valence-electron chi connectivity index (χ2n) is 11.2. The zero-order valence-electron chi connectivity index (χ0n) is 22.2. The minimum atomic E-state index is -0.0704. The smallest absolute Gasteiger partial charge is 0.252 e. The molecule has 0 bridgehead atoms. The van der Waals surface area contributed by atoms with Crippen LogP contribution in [-0.4, -0.2) is 74.6 Å². The number of nitrogens with zero attached hydrogens (tertiary/aromatic N) is 2. The van der Waals surface area contributed by atoms with Gasteiger partial charge in [-0.3, -0.25) is 15.1 Å². The van der Waals surface area contributed by atoms with Crippen molar-refractivity contribution in [2.75, 3.05) is 44.3 Å². The molecule has 4 fully saturated rings. The van der Waals surface area contributed by atoms with Gasteiger partial charge < -0.3 is 19.7 Å². The minimum Gasteiger partial charge on any atom is -0.376 e. The van der Waals surface area contributed by atoms with Crippen molar-refractivity contribution in [3.05, 3.63) is 65.7 Å². The Balaban J connectivity index is 0.904. The topological polar surface area (TPSA) is 78.1 Å². The predicted octanol–water partition coefficient (Wildman–Crippen LogP) is 2.91. The van der Waals surface area contributed by atoms with E-state index in [9.17, 15) is 4.79 Å². The van der Waals surface area contributed by atoms with Crippen molar-refractivity contribution in [3.8, 4) is 0 Å². The highest BCUT2D eigenvalue weighted by atomic mass is 16.5. The van der Waals surface area contributed by atoms with Gasteiger partial charge in [-0.25, -0.2) is 5.43 Å². The van der Waals surface area contributed by atoms with Gasteiger partial charge in [-0.2, -0.15) is 0 Å². The molecule has 3 heterocycles. The number of hydrogen-bond donors (Lipinski definition) is 3. The van der Waals surface area contributed by atoms with E-state index < -0.39 is 0 Å². The van der Waals surface area contributed by atoms with E-state index in [0.29, 0.717) is 43.4 Å².